The molecule has 0 atom stereocenters. The Morgan fingerprint density at radius 3 is 2.53 bits per heavy atom. The third kappa shape index (κ3) is 4.29. The molecule has 5 rings (SSSR count). The number of halogens is 4. The molecule has 2 aromatic carbocycles. The maximum Gasteiger partial charge on any atom is 0.434 e. The number of aromatic amines is 2. The number of nitrogens with zero attached hydrogens (tertiary/aromatic N) is 3. The molecule has 5 aromatic rings. The van der Waals surface area contributed by atoms with Crippen LogP contribution >= 0.6 is 0 Å². The number of H-pyrrole nitrogens is 2. The summed E-state index contributed by atoms with van der Waals surface area (Å²) in [6.45, 7) is 0. The highest BCUT2D eigenvalue weighted by Crippen LogP contribution is 2.34. The molecule has 3 N–H and O–H groups in total. The number of para-hydroxylation sites is 1. The summed E-state index contributed by atoms with van der Waals surface area (Å²) in [5, 5.41) is 5.98. The molecule has 0 radical (unpaired) electrons. The lowest BCUT2D eigenvalue weighted by atomic mass is 10.2. The van der Waals surface area contributed by atoms with Gasteiger partial charge in [-0.3, -0.25) is 9.78 Å². The predicted molar refractivity (Wildman–Crippen MR) is 120 cm³/mol. The highest BCUT2D eigenvalue weighted by molar-refractivity contribution is 6.05. The molecule has 182 valence electrons. The molecule has 0 aliphatic rings. The van der Waals surface area contributed by atoms with Crippen molar-refractivity contribution < 1.29 is 27.1 Å². The smallest absolute Gasteiger partial charge is 0.434 e. The standard InChI is InChI=1S/C23H14F4N6O3/c24-15-10-12(6-7-16(15)36-17-8-9-28-20-18(17)31-22(35)32-20)30-21(34)14-11-29-33(19(14)23(25,26)27)13-4-2-1-3-5-13/h1-11H,(H,30,34)(H2,28,31,32,35). The van der Waals surface area contributed by atoms with Gasteiger partial charge in [-0.15, -0.1) is 0 Å². The van der Waals surface area contributed by atoms with E-state index in [2.05, 4.69) is 25.4 Å². The van der Waals surface area contributed by atoms with Crippen LogP contribution in [0.5, 0.6) is 11.5 Å². The normalized spacial score (nSPS) is 11.6. The maximum atomic E-state index is 14.7. The molecular formula is C23H14F4N6O3. The van der Waals surface area contributed by atoms with Gasteiger partial charge < -0.3 is 15.0 Å². The minimum absolute atomic E-state index is 0.109. The van der Waals surface area contributed by atoms with Gasteiger partial charge in [-0.1, -0.05) is 18.2 Å². The number of rotatable bonds is 5. The Bertz CT molecular complexity index is 1640. The lowest BCUT2D eigenvalue weighted by Crippen LogP contribution is -2.20. The fourth-order valence-electron chi connectivity index (χ4n) is 3.53. The molecule has 0 spiro atoms. The van der Waals surface area contributed by atoms with E-state index in [1.807, 2.05) is 0 Å². The van der Waals surface area contributed by atoms with Gasteiger partial charge in [0.1, 0.15) is 5.52 Å². The monoisotopic (exact) mass is 498 g/mol. The van der Waals surface area contributed by atoms with Crippen molar-refractivity contribution in [3.63, 3.8) is 0 Å². The number of benzene rings is 2. The van der Waals surface area contributed by atoms with Crippen LogP contribution < -0.4 is 15.7 Å². The summed E-state index contributed by atoms with van der Waals surface area (Å²) in [6.07, 6.45) is -2.75. The first-order chi connectivity index (χ1) is 17.2. The topological polar surface area (TPSA) is 118 Å². The van der Waals surface area contributed by atoms with Gasteiger partial charge in [-0.25, -0.2) is 18.9 Å². The summed E-state index contributed by atoms with van der Waals surface area (Å²) < 4.78 is 62.3. The molecule has 0 fully saturated rings. The molecule has 3 heterocycles. The van der Waals surface area contributed by atoms with E-state index in [0.717, 1.165) is 12.3 Å². The summed E-state index contributed by atoms with van der Waals surface area (Å²) in [4.78, 5) is 33.1. The summed E-state index contributed by atoms with van der Waals surface area (Å²) >= 11 is 0. The van der Waals surface area contributed by atoms with Crippen LogP contribution in [-0.4, -0.2) is 30.6 Å². The number of amides is 1. The van der Waals surface area contributed by atoms with Crippen molar-refractivity contribution in [3.05, 3.63) is 94.5 Å². The molecule has 0 unspecified atom stereocenters. The summed E-state index contributed by atoms with van der Waals surface area (Å²) in [5.41, 5.74) is -2.10. The molecule has 0 saturated heterocycles. The number of pyridine rings is 1. The summed E-state index contributed by atoms with van der Waals surface area (Å²) in [7, 11) is 0. The zero-order valence-corrected chi connectivity index (χ0v) is 17.9. The van der Waals surface area contributed by atoms with E-state index in [1.54, 1.807) is 6.07 Å². The van der Waals surface area contributed by atoms with Gasteiger partial charge in [0.2, 0.25) is 0 Å². The molecule has 0 aliphatic heterocycles. The van der Waals surface area contributed by atoms with Gasteiger partial charge in [-0.2, -0.15) is 18.3 Å². The average Bonchev–Trinajstić information content (AvgIpc) is 3.45. The second-order valence-corrected chi connectivity index (χ2v) is 7.47. The van der Waals surface area contributed by atoms with Crippen molar-refractivity contribution in [2.24, 2.45) is 0 Å². The van der Waals surface area contributed by atoms with Gasteiger partial charge in [0.25, 0.3) is 5.91 Å². The van der Waals surface area contributed by atoms with Crippen LogP contribution in [0.15, 0.2) is 71.8 Å². The Kier molecular flexibility index (Phi) is 5.51. The first kappa shape index (κ1) is 22.8. The van der Waals surface area contributed by atoms with Crippen molar-refractivity contribution in [3.8, 4) is 17.2 Å². The molecular weight excluding hydrogens is 484 g/mol. The number of fused-ring (bicyclic) bond motifs is 1. The number of alkyl halides is 3. The second kappa shape index (κ2) is 8.69. The second-order valence-electron chi connectivity index (χ2n) is 7.47. The number of aromatic nitrogens is 5. The summed E-state index contributed by atoms with van der Waals surface area (Å²) in [5.74, 6) is -2.18. The number of anilines is 1. The van der Waals surface area contributed by atoms with Crippen LogP contribution in [0.4, 0.5) is 23.2 Å². The minimum Gasteiger partial charge on any atom is -0.452 e. The largest absolute Gasteiger partial charge is 0.452 e. The van der Waals surface area contributed by atoms with E-state index in [1.165, 1.54) is 48.7 Å². The van der Waals surface area contributed by atoms with Crippen LogP contribution in [-0.2, 0) is 6.18 Å². The molecule has 0 bridgehead atoms. The van der Waals surface area contributed by atoms with Crippen molar-refractivity contribution in [1.82, 2.24) is 24.7 Å². The summed E-state index contributed by atoms with van der Waals surface area (Å²) in [6, 6.07) is 12.3. The van der Waals surface area contributed by atoms with E-state index >= 15 is 0 Å². The Labute approximate surface area is 198 Å². The predicted octanol–water partition coefficient (Wildman–Crippen LogP) is 4.64. The number of hydrogen-bond donors (Lipinski definition) is 3. The minimum atomic E-state index is -4.89. The average molecular weight is 498 g/mol. The first-order valence-corrected chi connectivity index (χ1v) is 10.3. The van der Waals surface area contributed by atoms with Gasteiger partial charge >= 0.3 is 11.9 Å². The first-order valence-electron chi connectivity index (χ1n) is 10.3. The van der Waals surface area contributed by atoms with Crippen LogP contribution in [0.1, 0.15) is 16.1 Å². The van der Waals surface area contributed by atoms with Crippen molar-refractivity contribution in [2.45, 2.75) is 6.18 Å². The molecule has 0 saturated carbocycles. The third-order valence-electron chi connectivity index (χ3n) is 5.08. The Hall–Kier alpha value is -4.94. The zero-order chi connectivity index (χ0) is 25.4. The number of nitrogens with one attached hydrogen (secondary N) is 3. The lowest BCUT2D eigenvalue weighted by Gasteiger charge is -2.13. The lowest BCUT2D eigenvalue weighted by molar-refractivity contribution is -0.143. The zero-order valence-electron chi connectivity index (χ0n) is 17.9. The Morgan fingerprint density at radius 1 is 1.03 bits per heavy atom. The Morgan fingerprint density at radius 2 is 1.81 bits per heavy atom. The van der Waals surface area contributed by atoms with E-state index in [4.69, 9.17) is 4.74 Å². The number of ether oxygens (including phenoxy) is 1. The molecule has 36 heavy (non-hydrogen) atoms. The van der Waals surface area contributed by atoms with Crippen LogP contribution in [0, 0.1) is 5.82 Å². The van der Waals surface area contributed by atoms with Gasteiger partial charge in [-0.05, 0) is 24.3 Å². The number of hydrogen-bond acceptors (Lipinski definition) is 5. The quantitative estimate of drug-likeness (QED) is 0.305. The Balaban J connectivity index is 1.41. The molecule has 0 aliphatic carbocycles. The van der Waals surface area contributed by atoms with Gasteiger partial charge in [0, 0.05) is 24.0 Å². The van der Waals surface area contributed by atoms with Crippen molar-refractivity contribution in [1.29, 1.82) is 0 Å². The van der Waals surface area contributed by atoms with Crippen molar-refractivity contribution in [2.75, 3.05) is 5.32 Å². The SMILES string of the molecule is O=C(Nc1ccc(Oc2ccnc3[nH]c(=O)[nH]c23)c(F)c1)c1cnn(-c2ccccc2)c1C(F)(F)F. The highest BCUT2D eigenvalue weighted by atomic mass is 19.4. The molecule has 9 nitrogen and oxygen atoms in total. The number of carbonyl (C=O) groups excluding carboxylic acids is 1. The van der Waals surface area contributed by atoms with E-state index in [-0.39, 0.29) is 34.0 Å². The van der Waals surface area contributed by atoms with E-state index in [9.17, 15) is 27.2 Å². The highest BCUT2D eigenvalue weighted by Gasteiger charge is 2.40. The van der Waals surface area contributed by atoms with Crippen molar-refractivity contribution >= 4 is 22.8 Å². The van der Waals surface area contributed by atoms with E-state index in [0.29, 0.717) is 4.68 Å². The molecule has 13 heteroatoms. The third-order valence-corrected chi connectivity index (χ3v) is 5.08. The molecule has 1 amide bonds. The van der Waals surface area contributed by atoms with E-state index < -0.39 is 34.8 Å². The number of carbonyl (C=O) groups is 1. The van der Waals surface area contributed by atoms with Crippen LogP contribution in [0.3, 0.4) is 0 Å². The number of imidazole rings is 1. The van der Waals surface area contributed by atoms with Crippen LogP contribution in [0.2, 0.25) is 0 Å². The fourth-order valence-corrected chi connectivity index (χ4v) is 3.53. The maximum absolute atomic E-state index is 14.7. The van der Waals surface area contributed by atoms with Crippen LogP contribution in [0.25, 0.3) is 16.9 Å². The van der Waals surface area contributed by atoms with Gasteiger partial charge in [0.05, 0.1) is 17.4 Å². The van der Waals surface area contributed by atoms with Gasteiger partial charge in [0.15, 0.2) is 28.7 Å². The molecule has 3 aromatic heterocycles. The fraction of sp³-hybridized carbons (Fsp3) is 0.0435.